The van der Waals surface area contributed by atoms with Gasteiger partial charge in [0.05, 0.1) is 30.2 Å². The highest BCUT2D eigenvalue weighted by atomic mass is 16.7. The number of nitrogens with one attached hydrogen (secondary N) is 2. The number of anilines is 3. The summed E-state index contributed by atoms with van der Waals surface area (Å²) in [6.07, 6.45) is 1.63. The van der Waals surface area contributed by atoms with E-state index in [1.165, 1.54) is 5.56 Å². The molecule has 2 fully saturated rings. The fourth-order valence-electron chi connectivity index (χ4n) is 6.67. The minimum absolute atomic E-state index is 0.00588. The van der Waals surface area contributed by atoms with E-state index < -0.39 is 6.29 Å². The van der Waals surface area contributed by atoms with Crippen LogP contribution in [0.1, 0.15) is 66.8 Å². The SMILES string of the molecule is Nc1ccccc1NC(=O)CCCCC(=O)Nc1cccc([C@@H]2O[C@H](CN3CCN(Cc4ccccc4)CC3)C[C@H](c3ccc(CO)cc3)O2)c1. The Morgan fingerprint density at radius 3 is 2.14 bits per heavy atom. The molecule has 0 aliphatic carbocycles. The summed E-state index contributed by atoms with van der Waals surface area (Å²) in [5.41, 5.74) is 11.8. The lowest BCUT2D eigenvalue weighted by Crippen LogP contribution is -2.49. The number of nitrogens with two attached hydrogens (primary N) is 1. The van der Waals surface area contributed by atoms with Crippen molar-refractivity contribution in [1.29, 1.82) is 0 Å². The van der Waals surface area contributed by atoms with Gasteiger partial charge in [-0.3, -0.25) is 19.4 Å². The zero-order valence-corrected chi connectivity index (χ0v) is 29.1. The van der Waals surface area contributed by atoms with Crippen LogP contribution in [0.15, 0.2) is 103 Å². The van der Waals surface area contributed by atoms with Gasteiger partial charge < -0.3 is 30.9 Å². The van der Waals surface area contributed by atoms with Crippen LogP contribution < -0.4 is 16.4 Å². The fourth-order valence-corrected chi connectivity index (χ4v) is 6.67. The van der Waals surface area contributed by atoms with E-state index in [0.717, 1.165) is 56.0 Å². The Balaban J connectivity index is 1.03. The smallest absolute Gasteiger partial charge is 0.224 e. The van der Waals surface area contributed by atoms with E-state index in [0.29, 0.717) is 49.2 Å². The van der Waals surface area contributed by atoms with Crippen LogP contribution in [0.4, 0.5) is 17.1 Å². The molecule has 2 saturated heterocycles. The van der Waals surface area contributed by atoms with Crippen molar-refractivity contribution in [1.82, 2.24) is 9.80 Å². The Kier molecular flexibility index (Phi) is 12.8. The third-order valence-electron chi connectivity index (χ3n) is 9.53. The van der Waals surface area contributed by atoms with Gasteiger partial charge >= 0.3 is 0 Å². The van der Waals surface area contributed by atoms with Crippen molar-refractivity contribution in [3.63, 3.8) is 0 Å². The first-order valence-electron chi connectivity index (χ1n) is 18.0. The monoisotopic (exact) mass is 691 g/mol. The van der Waals surface area contributed by atoms with Crippen LogP contribution in [0.5, 0.6) is 0 Å². The van der Waals surface area contributed by atoms with Gasteiger partial charge in [0, 0.05) is 69.8 Å². The number of hydrogen-bond donors (Lipinski definition) is 4. The largest absolute Gasteiger partial charge is 0.397 e. The topological polar surface area (TPSA) is 129 Å². The normalized spacial score (nSPS) is 19.7. The lowest BCUT2D eigenvalue weighted by Gasteiger charge is -2.41. The highest BCUT2D eigenvalue weighted by molar-refractivity contribution is 5.94. The predicted molar refractivity (Wildman–Crippen MR) is 200 cm³/mol. The molecule has 0 radical (unpaired) electrons. The summed E-state index contributed by atoms with van der Waals surface area (Å²) in [7, 11) is 0. The number of piperazine rings is 1. The molecule has 0 saturated carbocycles. The van der Waals surface area contributed by atoms with Crippen molar-refractivity contribution < 1.29 is 24.2 Å². The molecule has 6 rings (SSSR count). The number of aliphatic hydroxyl groups excluding tert-OH is 1. The van der Waals surface area contributed by atoms with Crippen LogP contribution in [-0.4, -0.2) is 65.5 Å². The Morgan fingerprint density at radius 2 is 1.41 bits per heavy atom. The van der Waals surface area contributed by atoms with Gasteiger partial charge in [0.1, 0.15) is 0 Å². The first-order valence-corrected chi connectivity index (χ1v) is 18.0. The molecule has 2 aliphatic heterocycles. The molecule has 268 valence electrons. The molecule has 0 bridgehead atoms. The van der Waals surface area contributed by atoms with Gasteiger partial charge in [0.15, 0.2) is 6.29 Å². The molecule has 2 amide bonds. The van der Waals surface area contributed by atoms with Crippen molar-refractivity contribution in [3.8, 4) is 0 Å². The van der Waals surface area contributed by atoms with Crippen molar-refractivity contribution >= 4 is 28.9 Å². The number of carbonyl (C=O) groups excluding carboxylic acids is 2. The summed E-state index contributed by atoms with van der Waals surface area (Å²) in [6, 6.07) is 33.3. The van der Waals surface area contributed by atoms with Crippen molar-refractivity contribution in [2.75, 3.05) is 49.1 Å². The quantitative estimate of drug-likeness (QED) is 0.0901. The van der Waals surface area contributed by atoms with E-state index >= 15 is 0 Å². The van der Waals surface area contributed by atoms with Crippen molar-refractivity contribution in [2.24, 2.45) is 0 Å². The predicted octanol–water partition coefficient (Wildman–Crippen LogP) is 6.26. The summed E-state index contributed by atoms with van der Waals surface area (Å²) >= 11 is 0. The number of amides is 2. The third kappa shape index (κ3) is 10.7. The van der Waals surface area contributed by atoms with E-state index in [1.807, 2.05) is 60.7 Å². The van der Waals surface area contributed by atoms with Gasteiger partial charge in [-0.1, -0.05) is 78.9 Å². The van der Waals surface area contributed by atoms with Crippen molar-refractivity contribution in [3.05, 3.63) is 125 Å². The molecule has 5 N–H and O–H groups in total. The number of benzene rings is 4. The minimum atomic E-state index is -0.611. The standard InChI is InChI=1S/C41H49N5O5/c42-36-13-4-5-14-37(36)44-40(49)16-7-6-15-39(48)43-34-12-8-11-33(25-34)41-50-35(26-38(51-41)32-19-17-31(29-47)18-20-32)28-46-23-21-45(22-24-46)27-30-9-2-1-3-10-30/h1-5,8-14,17-20,25,35,38,41,47H,6-7,15-16,21-24,26-29,42H2,(H,43,48)(H,44,49)/t35-,38+,41+/m0/s1. The molecule has 0 aromatic heterocycles. The summed E-state index contributed by atoms with van der Waals surface area (Å²) in [6.45, 7) is 5.72. The summed E-state index contributed by atoms with van der Waals surface area (Å²) in [5, 5.41) is 15.4. The lowest BCUT2D eigenvalue weighted by atomic mass is 9.99. The second kappa shape index (κ2) is 18.1. The molecule has 4 aromatic rings. The van der Waals surface area contributed by atoms with Crippen LogP contribution in [0.3, 0.4) is 0 Å². The highest BCUT2D eigenvalue weighted by Crippen LogP contribution is 2.39. The fraction of sp³-hybridized carbons (Fsp3) is 0.366. The Labute approximate surface area is 300 Å². The third-order valence-corrected chi connectivity index (χ3v) is 9.53. The maximum absolute atomic E-state index is 12.9. The number of hydrogen-bond acceptors (Lipinski definition) is 8. The number of nitrogen functional groups attached to an aromatic ring is 1. The van der Waals surface area contributed by atoms with Gasteiger partial charge in [0.2, 0.25) is 11.8 Å². The zero-order chi connectivity index (χ0) is 35.4. The van der Waals surface area contributed by atoms with Crippen molar-refractivity contribution in [2.45, 2.75) is 63.8 Å². The van der Waals surface area contributed by atoms with Crippen LogP contribution in [0.25, 0.3) is 0 Å². The highest BCUT2D eigenvalue weighted by Gasteiger charge is 2.34. The van der Waals surface area contributed by atoms with Crippen LogP contribution in [0.2, 0.25) is 0 Å². The molecule has 0 unspecified atom stereocenters. The Bertz CT molecular complexity index is 1710. The summed E-state index contributed by atoms with van der Waals surface area (Å²) < 4.78 is 13.2. The first kappa shape index (κ1) is 36.2. The Morgan fingerprint density at radius 1 is 0.725 bits per heavy atom. The summed E-state index contributed by atoms with van der Waals surface area (Å²) in [5.74, 6) is -0.240. The van der Waals surface area contributed by atoms with Crippen LogP contribution in [-0.2, 0) is 32.2 Å². The number of rotatable bonds is 14. The number of nitrogens with zero attached hydrogens (tertiary/aromatic N) is 2. The minimum Gasteiger partial charge on any atom is -0.397 e. The number of unbranched alkanes of at least 4 members (excludes halogenated alkanes) is 1. The molecule has 10 nitrogen and oxygen atoms in total. The van der Waals surface area contributed by atoms with Gasteiger partial charge in [-0.05, 0) is 53.8 Å². The van der Waals surface area contributed by atoms with Crippen LogP contribution >= 0.6 is 0 Å². The van der Waals surface area contributed by atoms with E-state index in [1.54, 1.807) is 12.1 Å². The number of aliphatic hydroxyl groups is 1. The molecular formula is C41H49N5O5. The average Bonchev–Trinajstić information content (AvgIpc) is 3.15. The van der Waals surface area contributed by atoms with Crippen LogP contribution in [0, 0.1) is 0 Å². The second-order valence-corrected chi connectivity index (χ2v) is 13.4. The molecule has 4 aromatic carbocycles. The Hall–Kier alpha value is -4.58. The molecular weight excluding hydrogens is 642 g/mol. The van der Waals surface area contributed by atoms with E-state index in [2.05, 4.69) is 50.8 Å². The number of para-hydroxylation sites is 2. The molecule has 0 spiro atoms. The lowest BCUT2D eigenvalue weighted by molar-refractivity contribution is -0.253. The van der Waals surface area contributed by atoms with Gasteiger partial charge in [-0.25, -0.2) is 0 Å². The zero-order valence-electron chi connectivity index (χ0n) is 29.1. The van der Waals surface area contributed by atoms with E-state index in [9.17, 15) is 14.7 Å². The average molecular weight is 692 g/mol. The molecule has 2 heterocycles. The molecule has 2 aliphatic rings. The van der Waals surface area contributed by atoms with Gasteiger partial charge in [-0.15, -0.1) is 0 Å². The molecule has 51 heavy (non-hydrogen) atoms. The van der Waals surface area contributed by atoms with Gasteiger partial charge in [0.25, 0.3) is 0 Å². The number of carbonyl (C=O) groups is 2. The van der Waals surface area contributed by atoms with Gasteiger partial charge in [-0.2, -0.15) is 0 Å². The maximum atomic E-state index is 12.9. The molecule has 10 heteroatoms. The summed E-state index contributed by atoms with van der Waals surface area (Å²) in [4.78, 5) is 30.2. The second-order valence-electron chi connectivity index (χ2n) is 13.4. The maximum Gasteiger partial charge on any atom is 0.224 e. The molecule has 3 atom stereocenters. The first-order chi connectivity index (χ1) is 24.9. The van der Waals surface area contributed by atoms with E-state index in [4.69, 9.17) is 15.2 Å². The van der Waals surface area contributed by atoms with E-state index in [-0.39, 0.29) is 30.6 Å². The number of ether oxygens (including phenoxy) is 2.